The van der Waals surface area contributed by atoms with Gasteiger partial charge in [-0.05, 0) is 41.7 Å². The summed E-state index contributed by atoms with van der Waals surface area (Å²) >= 11 is 0. The normalized spacial score (nSPS) is 17.3. The predicted molar refractivity (Wildman–Crippen MR) is 123 cm³/mol. The highest BCUT2D eigenvalue weighted by Gasteiger charge is 2.29. The number of nitrogens with one attached hydrogen (secondary N) is 3. The number of nitrogens with zero attached hydrogens (tertiary/aromatic N) is 1. The number of fused-ring (bicyclic) bond motifs is 1. The number of rotatable bonds is 7. The number of aromatic nitrogens is 1. The van der Waals surface area contributed by atoms with Crippen LogP contribution in [0.15, 0.2) is 18.2 Å². The van der Waals surface area contributed by atoms with E-state index in [1.807, 2.05) is 27.7 Å². The Morgan fingerprint density at radius 2 is 1.97 bits per heavy atom. The molecule has 1 aromatic heterocycles. The summed E-state index contributed by atoms with van der Waals surface area (Å²) in [6, 6.07) is 4.98. The van der Waals surface area contributed by atoms with E-state index in [1.165, 1.54) is 0 Å². The number of Topliss-reactive ketones (excluding diaryl/α,β-unsaturated/α-hetero) is 1. The lowest BCUT2D eigenvalue weighted by Gasteiger charge is -2.24. The Kier molecular flexibility index (Phi) is 7.31. The molecule has 1 aliphatic heterocycles. The van der Waals surface area contributed by atoms with Gasteiger partial charge in [-0.25, -0.2) is 18.2 Å². The van der Waals surface area contributed by atoms with Gasteiger partial charge in [0.25, 0.3) is 11.8 Å². The van der Waals surface area contributed by atoms with Crippen LogP contribution in [0.2, 0.25) is 0 Å². The van der Waals surface area contributed by atoms with Crippen molar-refractivity contribution in [2.24, 2.45) is 0 Å². The zero-order valence-electron chi connectivity index (χ0n) is 19.4. The average molecular weight is 465 g/mol. The van der Waals surface area contributed by atoms with Crippen LogP contribution < -0.4 is 16.0 Å². The third-order valence-electron chi connectivity index (χ3n) is 5.73. The molecular weight excluding hydrogens is 433 g/mol. The van der Waals surface area contributed by atoms with E-state index in [0.29, 0.717) is 37.1 Å². The number of aryl methyl sites for hydroxylation is 1. The van der Waals surface area contributed by atoms with Gasteiger partial charge in [0.05, 0.1) is 12.1 Å². The Hall–Kier alpha value is -2.68. The molecule has 6 nitrogen and oxygen atoms in total. The molecule has 1 unspecified atom stereocenters. The topological polar surface area (TPSA) is 83.1 Å². The molecule has 9 heteroatoms. The summed E-state index contributed by atoms with van der Waals surface area (Å²) in [5, 5.41) is 9.43. The van der Waals surface area contributed by atoms with Gasteiger partial charge < -0.3 is 16.0 Å². The number of pyridine rings is 1. The van der Waals surface area contributed by atoms with Gasteiger partial charge in [-0.15, -0.1) is 0 Å². The lowest BCUT2D eigenvalue weighted by atomic mass is 9.84. The first kappa shape index (κ1) is 25.0. The van der Waals surface area contributed by atoms with Crippen molar-refractivity contribution in [2.45, 2.75) is 57.9 Å². The van der Waals surface area contributed by atoms with Crippen molar-refractivity contribution in [1.82, 2.24) is 15.6 Å². The number of amides is 1. The Morgan fingerprint density at radius 3 is 2.61 bits per heavy atom. The molecule has 1 amide bonds. The van der Waals surface area contributed by atoms with Crippen molar-refractivity contribution in [3.8, 4) is 0 Å². The van der Waals surface area contributed by atoms with Crippen molar-refractivity contribution in [3.05, 3.63) is 35.0 Å². The standard InChI is InChI=1S/C24H31F3N4O2/c1-14-7-20(22(33)29-11-16-8-17(32)5-6-28-16)31-21-18(14)9-15(10-19(21)23(2,3)4)30-13-24(26,27)12-25/h7,9-10,16,28,30H,5-6,8,11-13H2,1-4H3,(H,29,33). The first-order chi connectivity index (χ1) is 15.4. The molecule has 3 rings (SSSR count). The Labute approximate surface area is 191 Å². The molecule has 1 saturated heterocycles. The number of hydrogen-bond donors (Lipinski definition) is 3. The summed E-state index contributed by atoms with van der Waals surface area (Å²) in [7, 11) is 0. The summed E-state index contributed by atoms with van der Waals surface area (Å²) in [6.45, 7) is 6.11. The molecule has 180 valence electrons. The van der Waals surface area contributed by atoms with Gasteiger partial charge in [-0.2, -0.15) is 0 Å². The fraction of sp³-hybridized carbons (Fsp3) is 0.542. The maximum Gasteiger partial charge on any atom is 0.292 e. The van der Waals surface area contributed by atoms with Crippen LogP contribution in [0.5, 0.6) is 0 Å². The van der Waals surface area contributed by atoms with Crippen molar-refractivity contribution < 1.29 is 22.8 Å². The van der Waals surface area contributed by atoms with Gasteiger partial charge in [0.2, 0.25) is 0 Å². The molecule has 1 aliphatic rings. The Morgan fingerprint density at radius 1 is 1.24 bits per heavy atom. The zero-order chi connectivity index (χ0) is 24.4. The minimum Gasteiger partial charge on any atom is -0.379 e. The highest BCUT2D eigenvalue weighted by atomic mass is 19.3. The SMILES string of the molecule is Cc1cc(C(=O)NCC2CC(=O)CCN2)nc2c(C(C)(C)C)cc(NCC(F)(F)CF)cc12. The molecule has 0 aliphatic carbocycles. The first-order valence-electron chi connectivity index (χ1n) is 11.1. The molecule has 2 heterocycles. The van der Waals surface area contributed by atoms with Crippen molar-refractivity contribution >= 4 is 28.3 Å². The van der Waals surface area contributed by atoms with Crippen molar-refractivity contribution in [3.63, 3.8) is 0 Å². The molecule has 0 radical (unpaired) electrons. The second-order valence-corrected chi connectivity index (χ2v) is 9.69. The number of anilines is 1. The van der Waals surface area contributed by atoms with Crippen LogP contribution in [0.1, 0.15) is 55.2 Å². The van der Waals surface area contributed by atoms with Gasteiger partial charge >= 0.3 is 0 Å². The minimum absolute atomic E-state index is 0.0991. The molecule has 1 atom stereocenters. The third-order valence-corrected chi connectivity index (χ3v) is 5.73. The van der Waals surface area contributed by atoms with Crippen LogP contribution in [0, 0.1) is 6.92 Å². The number of ketones is 1. The number of halogens is 3. The predicted octanol–water partition coefficient (Wildman–Crippen LogP) is 3.91. The summed E-state index contributed by atoms with van der Waals surface area (Å²) in [5.41, 5.74) is 2.46. The number of carbonyl (C=O) groups excluding carboxylic acids is 2. The maximum absolute atomic E-state index is 13.4. The average Bonchev–Trinajstić information content (AvgIpc) is 2.75. The summed E-state index contributed by atoms with van der Waals surface area (Å²) < 4.78 is 39.4. The van der Waals surface area contributed by atoms with E-state index in [4.69, 9.17) is 0 Å². The quantitative estimate of drug-likeness (QED) is 0.579. The molecule has 0 saturated carbocycles. The van der Waals surface area contributed by atoms with E-state index in [-0.39, 0.29) is 28.8 Å². The van der Waals surface area contributed by atoms with E-state index in [0.717, 1.165) is 16.5 Å². The van der Waals surface area contributed by atoms with Crippen molar-refractivity contribution in [2.75, 3.05) is 31.6 Å². The fourth-order valence-corrected chi connectivity index (χ4v) is 3.88. The molecule has 1 fully saturated rings. The molecule has 2 aromatic rings. The lowest BCUT2D eigenvalue weighted by Crippen LogP contribution is -2.46. The number of hydrogen-bond acceptors (Lipinski definition) is 5. The van der Waals surface area contributed by atoms with Gasteiger partial charge in [0, 0.05) is 43.0 Å². The second-order valence-electron chi connectivity index (χ2n) is 9.69. The zero-order valence-corrected chi connectivity index (χ0v) is 19.4. The number of alkyl halides is 3. The summed E-state index contributed by atoms with van der Waals surface area (Å²) in [6.07, 6.45) is 0.892. The third kappa shape index (κ3) is 6.22. The van der Waals surface area contributed by atoms with E-state index in [1.54, 1.807) is 18.2 Å². The monoisotopic (exact) mass is 464 g/mol. The largest absolute Gasteiger partial charge is 0.379 e. The maximum atomic E-state index is 13.4. The lowest BCUT2D eigenvalue weighted by molar-refractivity contribution is -0.120. The molecule has 1 aromatic carbocycles. The molecule has 0 spiro atoms. The minimum atomic E-state index is -3.45. The highest BCUT2D eigenvalue weighted by molar-refractivity contribution is 5.97. The van der Waals surface area contributed by atoms with Crippen LogP contribution in [0.4, 0.5) is 18.9 Å². The second kappa shape index (κ2) is 9.67. The van der Waals surface area contributed by atoms with Gasteiger partial charge in [-0.1, -0.05) is 20.8 Å². The molecular formula is C24H31F3N4O2. The summed E-state index contributed by atoms with van der Waals surface area (Å²) in [4.78, 5) is 29.1. The van der Waals surface area contributed by atoms with Crippen LogP contribution >= 0.6 is 0 Å². The fourth-order valence-electron chi connectivity index (χ4n) is 3.88. The van der Waals surface area contributed by atoms with E-state index < -0.39 is 19.1 Å². The van der Waals surface area contributed by atoms with Crippen LogP contribution in [0.25, 0.3) is 10.9 Å². The molecule has 33 heavy (non-hydrogen) atoms. The molecule has 3 N–H and O–H groups in total. The number of carbonyl (C=O) groups is 2. The smallest absolute Gasteiger partial charge is 0.292 e. The van der Waals surface area contributed by atoms with Crippen LogP contribution in [-0.4, -0.2) is 54.9 Å². The Balaban J connectivity index is 1.90. The van der Waals surface area contributed by atoms with Gasteiger partial charge in [0.15, 0.2) is 6.67 Å². The number of piperidine rings is 1. The number of benzene rings is 1. The van der Waals surface area contributed by atoms with Gasteiger partial charge in [-0.3, -0.25) is 9.59 Å². The van der Waals surface area contributed by atoms with Crippen LogP contribution in [0.3, 0.4) is 0 Å². The Bertz CT molecular complexity index is 1050. The van der Waals surface area contributed by atoms with Crippen LogP contribution in [-0.2, 0) is 10.2 Å². The van der Waals surface area contributed by atoms with E-state index >= 15 is 0 Å². The molecule has 0 bridgehead atoms. The first-order valence-corrected chi connectivity index (χ1v) is 11.1. The van der Waals surface area contributed by atoms with E-state index in [9.17, 15) is 22.8 Å². The van der Waals surface area contributed by atoms with Crippen molar-refractivity contribution in [1.29, 1.82) is 0 Å². The van der Waals surface area contributed by atoms with E-state index in [2.05, 4.69) is 20.9 Å². The summed E-state index contributed by atoms with van der Waals surface area (Å²) in [5.74, 6) is -3.62. The highest BCUT2D eigenvalue weighted by Crippen LogP contribution is 2.34. The van der Waals surface area contributed by atoms with Gasteiger partial charge in [0.1, 0.15) is 11.5 Å².